The van der Waals surface area contributed by atoms with Gasteiger partial charge in [-0.15, -0.1) is 0 Å². The number of nitrogens with zero attached hydrogens (tertiary/aromatic N) is 2. The number of halogens is 1. The van der Waals surface area contributed by atoms with Crippen LogP contribution in [0.1, 0.15) is 59.8 Å². The molecule has 1 N–H and O–H groups in total. The Balaban J connectivity index is 2.22. The highest BCUT2D eigenvalue weighted by Crippen LogP contribution is 2.40. The van der Waals surface area contributed by atoms with Gasteiger partial charge >= 0.3 is 6.09 Å². The summed E-state index contributed by atoms with van der Waals surface area (Å²) in [6.45, 7) is 8.98. The lowest BCUT2D eigenvalue weighted by molar-refractivity contribution is -0.384. The smallest absolute Gasteiger partial charge is 0.410 e. The summed E-state index contributed by atoms with van der Waals surface area (Å²) in [4.78, 5) is 25.3. The van der Waals surface area contributed by atoms with Crippen molar-refractivity contribution in [2.24, 2.45) is 0 Å². The minimum atomic E-state index is -0.585. The van der Waals surface area contributed by atoms with Gasteiger partial charge in [-0.25, -0.2) is 4.79 Å². The quantitative estimate of drug-likeness (QED) is 0.335. The van der Waals surface area contributed by atoms with Gasteiger partial charge in [0.05, 0.1) is 11.5 Å². The number of nitrogens with one attached hydrogen (secondary N) is 1. The standard InChI is InChI=1S/C21H32ClN3O5/c1-5-6-13-29-17-11-10-16(25(27)28)19(18(17)22)23-15-9-7-8-12-24(14-15)20(26)30-21(2,3)4/h10-11,15,23H,5-9,12-14H2,1-4H3/t15-/m1/s1. The van der Waals surface area contributed by atoms with Crippen LogP contribution in [0.25, 0.3) is 0 Å². The lowest BCUT2D eigenvalue weighted by Crippen LogP contribution is -2.42. The van der Waals surface area contributed by atoms with E-state index < -0.39 is 10.5 Å². The normalized spacial score (nSPS) is 17.2. The molecule has 0 saturated carbocycles. The van der Waals surface area contributed by atoms with Gasteiger partial charge in [0.1, 0.15) is 22.1 Å². The van der Waals surface area contributed by atoms with E-state index in [4.69, 9.17) is 21.1 Å². The Hall–Kier alpha value is -2.22. The summed E-state index contributed by atoms with van der Waals surface area (Å²) in [5.41, 5.74) is -0.471. The first-order chi connectivity index (χ1) is 14.1. The van der Waals surface area contributed by atoms with Gasteiger partial charge in [-0.3, -0.25) is 10.1 Å². The summed E-state index contributed by atoms with van der Waals surface area (Å²) in [6, 6.07) is 2.74. The largest absolute Gasteiger partial charge is 0.492 e. The molecule has 0 bridgehead atoms. The molecule has 0 spiro atoms. The summed E-state index contributed by atoms with van der Waals surface area (Å²) < 4.78 is 11.2. The van der Waals surface area contributed by atoms with E-state index >= 15 is 0 Å². The Morgan fingerprint density at radius 1 is 1.37 bits per heavy atom. The van der Waals surface area contributed by atoms with E-state index in [1.165, 1.54) is 12.1 Å². The molecule has 0 radical (unpaired) electrons. The first kappa shape index (κ1) is 24.1. The number of hydrogen-bond donors (Lipinski definition) is 1. The molecule has 9 heteroatoms. The zero-order chi connectivity index (χ0) is 22.3. The van der Waals surface area contributed by atoms with E-state index in [9.17, 15) is 14.9 Å². The molecule has 30 heavy (non-hydrogen) atoms. The molecule has 2 rings (SSSR count). The number of amides is 1. The molecule has 1 atom stereocenters. The number of carbonyl (C=O) groups is 1. The number of benzene rings is 1. The highest BCUT2D eigenvalue weighted by Gasteiger charge is 2.29. The summed E-state index contributed by atoms with van der Waals surface area (Å²) in [7, 11) is 0. The molecule has 1 heterocycles. The Labute approximate surface area is 183 Å². The molecule has 1 aliphatic heterocycles. The van der Waals surface area contributed by atoms with Gasteiger partial charge in [-0.1, -0.05) is 24.9 Å². The van der Waals surface area contributed by atoms with Gasteiger partial charge in [0.15, 0.2) is 0 Å². The first-order valence-corrected chi connectivity index (χ1v) is 10.8. The third kappa shape index (κ3) is 6.93. The number of anilines is 1. The van der Waals surface area contributed by atoms with Crippen molar-refractivity contribution in [1.82, 2.24) is 4.90 Å². The van der Waals surface area contributed by atoms with Crippen molar-refractivity contribution in [3.05, 3.63) is 27.3 Å². The van der Waals surface area contributed by atoms with Gasteiger partial charge in [0.2, 0.25) is 0 Å². The molecular formula is C21H32ClN3O5. The lowest BCUT2D eigenvalue weighted by atomic mass is 10.1. The van der Waals surface area contributed by atoms with Crippen LogP contribution >= 0.6 is 11.6 Å². The summed E-state index contributed by atoms with van der Waals surface area (Å²) in [5.74, 6) is 0.413. The SMILES string of the molecule is CCCCOc1ccc([N+](=O)[O-])c(N[C@@H]2CCCCN(C(=O)OC(C)(C)C)C2)c1Cl. The minimum absolute atomic E-state index is 0.115. The van der Waals surface area contributed by atoms with Gasteiger partial charge in [0, 0.05) is 25.2 Å². The molecule has 8 nitrogen and oxygen atoms in total. The van der Waals surface area contributed by atoms with Crippen LogP contribution in [-0.4, -0.2) is 47.3 Å². The third-order valence-electron chi connectivity index (χ3n) is 4.71. The van der Waals surface area contributed by atoms with Crippen LogP contribution in [0.5, 0.6) is 5.75 Å². The van der Waals surface area contributed by atoms with Crippen LogP contribution < -0.4 is 10.1 Å². The van der Waals surface area contributed by atoms with Crippen LogP contribution in [0.3, 0.4) is 0 Å². The molecule has 1 fully saturated rings. The van der Waals surface area contributed by atoms with Crippen LogP contribution in [0.15, 0.2) is 12.1 Å². The highest BCUT2D eigenvalue weighted by molar-refractivity contribution is 6.35. The molecule has 1 aromatic carbocycles. The zero-order valence-corrected chi connectivity index (χ0v) is 19.0. The fraction of sp³-hybridized carbons (Fsp3) is 0.667. The molecule has 1 aromatic rings. The maximum atomic E-state index is 12.5. The lowest BCUT2D eigenvalue weighted by Gasteiger charge is -2.29. The number of hydrogen-bond acceptors (Lipinski definition) is 6. The molecule has 0 aliphatic carbocycles. The number of likely N-dealkylation sites (tertiary alicyclic amines) is 1. The fourth-order valence-corrected chi connectivity index (χ4v) is 3.50. The summed E-state index contributed by atoms with van der Waals surface area (Å²) >= 11 is 6.49. The Bertz CT molecular complexity index is 751. The molecule has 1 amide bonds. The van der Waals surface area contributed by atoms with E-state index in [0.29, 0.717) is 25.4 Å². The predicted molar refractivity (Wildman–Crippen MR) is 118 cm³/mol. The first-order valence-electron chi connectivity index (χ1n) is 10.5. The molecule has 0 unspecified atom stereocenters. The second kappa shape index (κ2) is 10.7. The van der Waals surface area contributed by atoms with Gasteiger partial charge < -0.3 is 19.7 Å². The number of ether oxygens (including phenoxy) is 2. The second-order valence-electron chi connectivity index (χ2n) is 8.49. The Kier molecular flexibility index (Phi) is 8.58. The van der Waals surface area contributed by atoms with Crippen molar-refractivity contribution in [2.75, 3.05) is 25.0 Å². The van der Waals surface area contributed by atoms with E-state index in [2.05, 4.69) is 12.2 Å². The van der Waals surface area contributed by atoms with Crippen molar-refractivity contribution in [2.45, 2.75) is 71.4 Å². The predicted octanol–water partition coefficient (Wildman–Crippen LogP) is 5.63. The van der Waals surface area contributed by atoms with Crippen LogP contribution in [0, 0.1) is 10.1 Å². The molecule has 1 saturated heterocycles. The van der Waals surface area contributed by atoms with E-state index in [0.717, 1.165) is 32.1 Å². The van der Waals surface area contributed by atoms with E-state index in [1.54, 1.807) is 4.90 Å². The number of nitro groups is 1. The maximum absolute atomic E-state index is 12.5. The highest BCUT2D eigenvalue weighted by atomic mass is 35.5. The average molecular weight is 442 g/mol. The molecule has 1 aliphatic rings. The topological polar surface area (TPSA) is 93.9 Å². The third-order valence-corrected chi connectivity index (χ3v) is 5.08. The zero-order valence-electron chi connectivity index (χ0n) is 18.2. The second-order valence-corrected chi connectivity index (χ2v) is 8.87. The number of nitro benzene ring substituents is 1. The van der Waals surface area contributed by atoms with Gasteiger partial charge in [-0.2, -0.15) is 0 Å². The summed E-state index contributed by atoms with van der Waals surface area (Å²) in [6.07, 6.45) is 3.94. The van der Waals surface area contributed by atoms with Crippen molar-refractivity contribution in [3.8, 4) is 5.75 Å². The minimum Gasteiger partial charge on any atom is -0.492 e. The van der Waals surface area contributed by atoms with Gasteiger partial charge in [-0.05, 0) is 52.5 Å². The van der Waals surface area contributed by atoms with Crippen LogP contribution in [0.2, 0.25) is 5.02 Å². The van der Waals surface area contributed by atoms with Crippen LogP contribution in [-0.2, 0) is 4.74 Å². The van der Waals surface area contributed by atoms with Crippen molar-refractivity contribution >= 4 is 29.1 Å². The Morgan fingerprint density at radius 3 is 2.73 bits per heavy atom. The van der Waals surface area contributed by atoms with Gasteiger partial charge in [0.25, 0.3) is 5.69 Å². The average Bonchev–Trinajstić information content (AvgIpc) is 2.89. The monoisotopic (exact) mass is 441 g/mol. The fourth-order valence-electron chi connectivity index (χ4n) is 3.23. The van der Waals surface area contributed by atoms with Crippen molar-refractivity contribution < 1.29 is 19.2 Å². The number of carbonyl (C=O) groups excluding carboxylic acids is 1. The van der Waals surface area contributed by atoms with E-state index in [-0.39, 0.29) is 28.5 Å². The Morgan fingerprint density at radius 2 is 2.10 bits per heavy atom. The maximum Gasteiger partial charge on any atom is 0.410 e. The number of unbranched alkanes of at least 4 members (excludes halogenated alkanes) is 1. The number of rotatable bonds is 7. The molecular weight excluding hydrogens is 410 g/mol. The molecule has 0 aromatic heterocycles. The van der Waals surface area contributed by atoms with Crippen molar-refractivity contribution in [3.63, 3.8) is 0 Å². The molecule has 168 valence electrons. The summed E-state index contributed by atoms with van der Waals surface area (Å²) in [5, 5.41) is 15.0. The van der Waals surface area contributed by atoms with Crippen LogP contribution in [0.4, 0.5) is 16.2 Å². The van der Waals surface area contributed by atoms with Crippen molar-refractivity contribution in [1.29, 1.82) is 0 Å². The van der Waals surface area contributed by atoms with E-state index in [1.807, 2.05) is 20.8 Å².